The van der Waals surface area contributed by atoms with Crippen molar-refractivity contribution in [1.82, 2.24) is 0 Å². The number of unbranched alkanes of at least 4 members (excludes halogenated alkanes) is 4. The standard InChI is InChI=1S/C14H28O3/c1-12(2)10-8-6-5-7-9-11-16-14(15)17-13(3)4/h12-13H,5-11H2,1-4H3. The maximum absolute atomic E-state index is 11.0. The van der Waals surface area contributed by atoms with Crippen LogP contribution in [0.3, 0.4) is 0 Å². The highest BCUT2D eigenvalue weighted by Gasteiger charge is 2.05. The normalized spacial score (nSPS) is 10.9. The molecular formula is C14H28O3. The van der Waals surface area contributed by atoms with Crippen molar-refractivity contribution in [2.45, 2.75) is 72.3 Å². The summed E-state index contributed by atoms with van der Waals surface area (Å²) >= 11 is 0. The molecule has 0 amide bonds. The van der Waals surface area contributed by atoms with Gasteiger partial charge in [0.25, 0.3) is 0 Å². The predicted molar refractivity (Wildman–Crippen MR) is 70.1 cm³/mol. The van der Waals surface area contributed by atoms with Crippen molar-refractivity contribution in [3.63, 3.8) is 0 Å². The van der Waals surface area contributed by atoms with E-state index in [9.17, 15) is 4.79 Å². The minimum absolute atomic E-state index is 0.0986. The van der Waals surface area contributed by atoms with Gasteiger partial charge in [0.2, 0.25) is 0 Å². The van der Waals surface area contributed by atoms with Gasteiger partial charge in [-0.25, -0.2) is 4.79 Å². The molecule has 0 bridgehead atoms. The lowest BCUT2D eigenvalue weighted by Gasteiger charge is -2.08. The van der Waals surface area contributed by atoms with E-state index in [1.807, 2.05) is 13.8 Å². The van der Waals surface area contributed by atoms with Crippen molar-refractivity contribution in [2.24, 2.45) is 5.92 Å². The zero-order chi connectivity index (χ0) is 13.1. The van der Waals surface area contributed by atoms with Crippen LogP contribution in [0, 0.1) is 5.92 Å². The summed E-state index contributed by atoms with van der Waals surface area (Å²) in [6, 6.07) is 0. The molecule has 0 N–H and O–H groups in total. The van der Waals surface area contributed by atoms with Crippen LogP contribution >= 0.6 is 0 Å². The van der Waals surface area contributed by atoms with Crippen molar-refractivity contribution in [3.05, 3.63) is 0 Å². The van der Waals surface area contributed by atoms with Crippen LogP contribution in [0.1, 0.15) is 66.2 Å². The number of rotatable bonds is 9. The van der Waals surface area contributed by atoms with Gasteiger partial charge in [-0.05, 0) is 26.2 Å². The molecule has 0 aliphatic carbocycles. The zero-order valence-corrected chi connectivity index (χ0v) is 11.8. The predicted octanol–water partition coefficient (Wildman–Crippen LogP) is 4.54. The molecule has 0 radical (unpaired) electrons. The van der Waals surface area contributed by atoms with Crippen molar-refractivity contribution in [2.75, 3.05) is 6.61 Å². The molecule has 0 spiro atoms. The van der Waals surface area contributed by atoms with E-state index in [0.717, 1.165) is 18.8 Å². The topological polar surface area (TPSA) is 35.5 Å². The van der Waals surface area contributed by atoms with Gasteiger partial charge in [-0.2, -0.15) is 0 Å². The van der Waals surface area contributed by atoms with Crippen LogP contribution in [0.2, 0.25) is 0 Å². The van der Waals surface area contributed by atoms with Crippen LogP contribution in [-0.2, 0) is 9.47 Å². The third kappa shape index (κ3) is 13.2. The lowest BCUT2D eigenvalue weighted by molar-refractivity contribution is 0.0336. The van der Waals surface area contributed by atoms with E-state index in [0.29, 0.717) is 6.61 Å². The number of carbonyl (C=O) groups is 1. The van der Waals surface area contributed by atoms with E-state index < -0.39 is 6.16 Å². The Bertz CT molecular complexity index is 188. The summed E-state index contributed by atoms with van der Waals surface area (Å²) in [4.78, 5) is 11.0. The average Bonchev–Trinajstić information content (AvgIpc) is 2.20. The summed E-state index contributed by atoms with van der Waals surface area (Å²) in [5.41, 5.74) is 0. The van der Waals surface area contributed by atoms with Gasteiger partial charge < -0.3 is 9.47 Å². The van der Waals surface area contributed by atoms with Crippen molar-refractivity contribution < 1.29 is 14.3 Å². The first kappa shape index (κ1) is 16.3. The molecule has 102 valence electrons. The number of carbonyl (C=O) groups excluding carboxylic acids is 1. The Labute approximate surface area is 106 Å². The van der Waals surface area contributed by atoms with Gasteiger partial charge in [-0.3, -0.25) is 0 Å². The Morgan fingerprint density at radius 1 is 0.941 bits per heavy atom. The molecule has 0 unspecified atom stereocenters. The van der Waals surface area contributed by atoms with E-state index in [1.165, 1.54) is 25.7 Å². The van der Waals surface area contributed by atoms with Crippen LogP contribution in [0.25, 0.3) is 0 Å². The first-order valence-corrected chi connectivity index (χ1v) is 6.85. The second kappa shape index (κ2) is 10.4. The van der Waals surface area contributed by atoms with Gasteiger partial charge in [-0.1, -0.05) is 46.0 Å². The fourth-order valence-corrected chi connectivity index (χ4v) is 1.57. The van der Waals surface area contributed by atoms with Gasteiger partial charge >= 0.3 is 6.16 Å². The summed E-state index contributed by atoms with van der Waals surface area (Å²) in [6.45, 7) is 8.63. The minimum atomic E-state index is -0.542. The van der Waals surface area contributed by atoms with Gasteiger partial charge in [0.15, 0.2) is 0 Å². The van der Waals surface area contributed by atoms with Crippen LogP contribution < -0.4 is 0 Å². The molecule has 0 aromatic heterocycles. The Kier molecular flexibility index (Phi) is 9.98. The molecule has 0 aromatic rings. The zero-order valence-electron chi connectivity index (χ0n) is 11.8. The smallest absolute Gasteiger partial charge is 0.434 e. The molecule has 0 rings (SSSR count). The van der Waals surface area contributed by atoms with Crippen LogP contribution in [0.5, 0.6) is 0 Å². The quantitative estimate of drug-likeness (QED) is 0.441. The Morgan fingerprint density at radius 3 is 2.12 bits per heavy atom. The molecule has 0 saturated heterocycles. The summed E-state index contributed by atoms with van der Waals surface area (Å²) in [5.74, 6) is 0.809. The monoisotopic (exact) mass is 244 g/mol. The Morgan fingerprint density at radius 2 is 1.53 bits per heavy atom. The Hall–Kier alpha value is -0.730. The molecule has 0 saturated carbocycles. The van der Waals surface area contributed by atoms with Crippen LogP contribution in [0.15, 0.2) is 0 Å². The summed E-state index contributed by atoms with van der Waals surface area (Å²) in [7, 11) is 0. The van der Waals surface area contributed by atoms with Crippen LogP contribution in [0.4, 0.5) is 4.79 Å². The third-order valence-electron chi connectivity index (χ3n) is 2.48. The second-order valence-corrected chi connectivity index (χ2v) is 5.22. The highest BCUT2D eigenvalue weighted by atomic mass is 16.7. The summed E-state index contributed by atoms with van der Waals surface area (Å²) in [5, 5.41) is 0. The minimum Gasteiger partial charge on any atom is -0.434 e. The first-order chi connectivity index (χ1) is 8.02. The molecule has 0 aromatic carbocycles. The third-order valence-corrected chi connectivity index (χ3v) is 2.48. The molecule has 3 heteroatoms. The van der Waals surface area contributed by atoms with Crippen molar-refractivity contribution in [1.29, 1.82) is 0 Å². The largest absolute Gasteiger partial charge is 0.508 e. The van der Waals surface area contributed by atoms with E-state index in [2.05, 4.69) is 13.8 Å². The van der Waals surface area contributed by atoms with Crippen molar-refractivity contribution >= 4 is 6.16 Å². The fourth-order valence-electron chi connectivity index (χ4n) is 1.57. The van der Waals surface area contributed by atoms with E-state index in [1.54, 1.807) is 0 Å². The maximum atomic E-state index is 11.0. The molecule has 0 atom stereocenters. The lowest BCUT2D eigenvalue weighted by Crippen LogP contribution is -2.13. The Balaban J connectivity index is 3.16. The second-order valence-electron chi connectivity index (χ2n) is 5.22. The SMILES string of the molecule is CC(C)CCCCCCCOC(=O)OC(C)C. The van der Waals surface area contributed by atoms with E-state index in [-0.39, 0.29) is 6.10 Å². The van der Waals surface area contributed by atoms with Gasteiger partial charge in [-0.15, -0.1) is 0 Å². The highest BCUT2D eigenvalue weighted by Crippen LogP contribution is 2.10. The molecule has 0 heterocycles. The average molecular weight is 244 g/mol. The van der Waals surface area contributed by atoms with Crippen molar-refractivity contribution in [3.8, 4) is 0 Å². The fraction of sp³-hybridized carbons (Fsp3) is 0.929. The number of hydrogen-bond acceptors (Lipinski definition) is 3. The molecule has 0 aliphatic rings. The maximum Gasteiger partial charge on any atom is 0.508 e. The first-order valence-electron chi connectivity index (χ1n) is 6.85. The molecule has 0 aliphatic heterocycles. The van der Waals surface area contributed by atoms with Gasteiger partial charge in [0.1, 0.15) is 0 Å². The summed E-state index contributed by atoms with van der Waals surface area (Å²) < 4.78 is 9.80. The molecule has 17 heavy (non-hydrogen) atoms. The molecule has 0 fully saturated rings. The van der Waals surface area contributed by atoms with E-state index in [4.69, 9.17) is 9.47 Å². The summed E-state index contributed by atoms with van der Waals surface area (Å²) in [6.07, 6.45) is 6.58. The van der Waals surface area contributed by atoms with Gasteiger partial charge in [0, 0.05) is 0 Å². The highest BCUT2D eigenvalue weighted by molar-refractivity contribution is 5.59. The molecule has 3 nitrogen and oxygen atoms in total. The lowest BCUT2D eigenvalue weighted by atomic mass is 10.0. The van der Waals surface area contributed by atoms with Gasteiger partial charge in [0.05, 0.1) is 12.7 Å². The van der Waals surface area contributed by atoms with E-state index >= 15 is 0 Å². The van der Waals surface area contributed by atoms with Crippen LogP contribution in [-0.4, -0.2) is 18.9 Å². The number of hydrogen-bond donors (Lipinski definition) is 0. The molecular weight excluding hydrogens is 216 g/mol. The number of ether oxygens (including phenoxy) is 2.